The first kappa shape index (κ1) is 10.9. The van der Waals surface area contributed by atoms with Crippen molar-refractivity contribution in [2.45, 2.75) is 12.9 Å². The average molecular weight is 228 g/mol. The highest BCUT2D eigenvalue weighted by atomic mass is 19.3. The molecule has 4 heteroatoms. The summed E-state index contributed by atoms with van der Waals surface area (Å²) < 4.78 is 50.3. The van der Waals surface area contributed by atoms with Crippen molar-refractivity contribution in [3.05, 3.63) is 47.5 Å². The maximum Gasteiger partial charge on any atom is 0.264 e. The second-order valence-corrected chi connectivity index (χ2v) is 3.43. The third kappa shape index (κ3) is 1.87. The van der Waals surface area contributed by atoms with E-state index in [1.54, 1.807) is 24.3 Å². The zero-order valence-electron chi connectivity index (χ0n) is 8.13. The van der Waals surface area contributed by atoms with E-state index in [1.165, 1.54) is 0 Å². The highest BCUT2D eigenvalue weighted by molar-refractivity contribution is 5.84. The molecule has 0 atom stereocenters. The zero-order valence-corrected chi connectivity index (χ0v) is 8.13. The fraction of sp³-hybridized carbons (Fsp3) is 0.167. The van der Waals surface area contributed by atoms with Crippen LogP contribution in [0.4, 0.5) is 17.6 Å². The Hall–Kier alpha value is -1.58. The summed E-state index contributed by atoms with van der Waals surface area (Å²) in [6, 6.07) is 8.86. The molecule has 0 aromatic heterocycles. The van der Waals surface area contributed by atoms with Gasteiger partial charge in [0.25, 0.3) is 12.9 Å². The minimum atomic E-state index is -2.88. The van der Waals surface area contributed by atoms with Crippen LogP contribution in [0.1, 0.15) is 24.0 Å². The number of rotatable bonds is 2. The highest BCUT2D eigenvalue weighted by Crippen LogP contribution is 2.33. The Morgan fingerprint density at radius 2 is 1.06 bits per heavy atom. The summed E-state index contributed by atoms with van der Waals surface area (Å²) in [7, 11) is 0. The summed E-state index contributed by atoms with van der Waals surface area (Å²) in [4.78, 5) is 0. The lowest BCUT2D eigenvalue weighted by Crippen LogP contribution is -1.95. The minimum absolute atomic E-state index is 0.544. The molecule has 2 aromatic carbocycles. The van der Waals surface area contributed by atoms with Crippen LogP contribution in [0.15, 0.2) is 36.4 Å². The molecule has 0 bridgehead atoms. The van der Waals surface area contributed by atoms with Crippen LogP contribution in [0.3, 0.4) is 0 Å². The zero-order chi connectivity index (χ0) is 11.7. The minimum Gasteiger partial charge on any atom is -0.205 e. The summed E-state index contributed by atoms with van der Waals surface area (Å²) in [5.74, 6) is 0. The van der Waals surface area contributed by atoms with Gasteiger partial charge in [-0.2, -0.15) is 0 Å². The van der Waals surface area contributed by atoms with Crippen molar-refractivity contribution in [2.75, 3.05) is 0 Å². The van der Waals surface area contributed by atoms with Crippen molar-refractivity contribution < 1.29 is 17.6 Å². The van der Waals surface area contributed by atoms with Gasteiger partial charge in [0, 0.05) is 11.1 Å². The van der Waals surface area contributed by atoms with Crippen molar-refractivity contribution in [1.82, 2.24) is 0 Å². The molecule has 84 valence electrons. The van der Waals surface area contributed by atoms with E-state index in [0.717, 1.165) is 12.1 Å². The van der Waals surface area contributed by atoms with Gasteiger partial charge in [-0.25, -0.2) is 17.6 Å². The molecule has 0 N–H and O–H groups in total. The first-order chi connectivity index (χ1) is 7.59. The summed E-state index contributed by atoms with van der Waals surface area (Å²) in [5.41, 5.74) is -1.18. The van der Waals surface area contributed by atoms with E-state index in [0.29, 0.717) is 10.8 Å². The Kier molecular flexibility index (Phi) is 2.81. The number of hydrogen-bond acceptors (Lipinski definition) is 0. The van der Waals surface area contributed by atoms with Crippen LogP contribution in [-0.4, -0.2) is 0 Å². The number of halogens is 4. The summed E-state index contributed by atoms with van der Waals surface area (Å²) >= 11 is 0. The van der Waals surface area contributed by atoms with Crippen LogP contribution in [0.2, 0.25) is 0 Å². The molecular weight excluding hydrogens is 220 g/mol. The predicted octanol–water partition coefficient (Wildman–Crippen LogP) is 4.72. The van der Waals surface area contributed by atoms with Gasteiger partial charge in [-0.1, -0.05) is 24.3 Å². The van der Waals surface area contributed by atoms with Crippen molar-refractivity contribution in [3.63, 3.8) is 0 Å². The van der Waals surface area contributed by atoms with Gasteiger partial charge in [0.15, 0.2) is 0 Å². The highest BCUT2D eigenvalue weighted by Gasteiger charge is 2.20. The lowest BCUT2D eigenvalue weighted by molar-refractivity contribution is 0.124. The molecule has 0 radical (unpaired) electrons. The van der Waals surface area contributed by atoms with E-state index in [4.69, 9.17) is 0 Å². The van der Waals surface area contributed by atoms with Gasteiger partial charge in [0.1, 0.15) is 0 Å². The van der Waals surface area contributed by atoms with E-state index < -0.39 is 24.0 Å². The maximum absolute atomic E-state index is 12.6. The Labute approximate surface area is 89.5 Å². The van der Waals surface area contributed by atoms with Crippen LogP contribution in [0.25, 0.3) is 10.8 Å². The molecule has 2 aromatic rings. The van der Waals surface area contributed by atoms with Crippen LogP contribution in [0.5, 0.6) is 0 Å². The quantitative estimate of drug-likeness (QED) is 0.652. The summed E-state index contributed by atoms with van der Waals surface area (Å²) in [5, 5.41) is 1.09. The molecule has 0 spiro atoms. The van der Waals surface area contributed by atoms with Gasteiger partial charge in [0.2, 0.25) is 0 Å². The molecule has 0 saturated heterocycles. The lowest BCUT2D eigenvalue weighted by atomic mass is 10.0. The maximum atomic E-state index is 12.6. The van der Waals surface area contributed by atoms with Crippen molar-refractivity contribution in [3.8, 4) is 0 Å². The van der Waals surface area contributed by atoms with Crippen LogP contribution < -0.4 is 0 Å². The smallest absolute Gasteiger partial charge is 0.205 e. The van der Waals surface area contributed by atoms with Gasteiger partial charge in [0.05, 0.1) is 0 Å². The topological polar surface area (TPSA) is 0 Å². The number of alkyl halides is 4. The monoisotopic (exact) mass is 228 g/mol. The SMILES string of the molecule is FC(F)c1cc2ccccc2cc1C(F)F. The molecule has 0 heterocycles. The van der Waals surface area contributed by atoms with E-state index in [2.05, 4.69) is 0 Å². The molecule has 0 aliphatic rings. The van der Waals surface area contributed by atoms with Gasteiger partial charge < -0.3 is 0 Å². The van der Waals surface area contributed by atoms with Gasteiger partial charge in [-0.3, -0.25) is 0 Å². The van der Waals surface area contributed by atoms with Crippen molar-refractivity contribution in [1.29, 1.82) is 0 Å². The van der Waals surface area contributed by atoms with Crippen LogP contribution in [-0.2, 0) is 0 Å². The summed E-state index contributed by atoms with van der Waals surface area (Å²) in [6.07, 6.45) is -5.76. The molecule has 2 rings (SSSR count). The lowest BCUT2D eigenvalue weighted by Gasteiger charge is -2.10. The first-order valence-electron chi connectivity index (χ1n) is 4.68. The molecule has 0 fully saturated rings. The van der Waals surface area contributed by atoms with Crippen LogP contribution >= 0.6 is 0 Å². The molecule has 0 saturated carbocycles. The van der Waals surface area contributed by atoms with E-state index >= 15 is 0 Å². The molecule has 16 heavy (non-hydrogen) atoms. The fourth-order valence-corrected chi connectivity index (χ4v) is 1.65. The second-order valence-electron chi connectivity index (χ2n) is 3.43. The van der Waals surface area contributed by atoms with Gasteiger partial charge in [-0.15, -0.1) is 0 Å². The largest absolute Gasteiger partial charge is 0.264 e. The Morgan fingerprint density at radius 1 is 0.688 bits per heavy atom. The van der Waals surface area contributed by atoms with Crippen LogP contribution in [0, 0.1) is 0 Å². The van der Waals surface area contributed by atoms with E-state index in [-0.39, 0.29) is 0 Å². The molecule has 0 unspecified atom stereocenters. The third-order valence-electron chi connectivity index (χ3n) is 2.42. The van der Waals surface area contributed by atoms with Crippen molar-refractivity contribution >= 4 is 10.8 Å². The molecule has 0 aliphatic carbocycles. The Morgan fingerprint density at radius 3 is 1.38 bits per heavy atom. The number of hydrogen-bond donors (Lipinski definition) is 0. The molecule has 0 nitrogen and oxygen atoms in total. The van der Waals surface area contributed by atoms with Crippen molar-refractivity contribution in [2.24, 2.45) is 0 Å². The average Bonchev–Trinajstić information content (AvgIpc) is 2.27. The molecular formula is C12H8F4. The Balaban J connectivity index is 2.71. The Bertz CT molecular complexity index is 459. The van der Waals surface area contributed by atoms with E-state index in [9.17, 15) is 17.6 Å². The predicted molar refractivity (Wildman–Crippen MR) is 53.9 cm³/mol. The molecule has 0 aliphatic heterocycles. The first-order valence-corrected chi connectivity index (χ1v) is 4.68. The fourth-order valence-electron chi connectivity index (χ4n) is 1.65. The van der Waals surface area contributed by atoms with Gasteiger partial charge in [-0.05, 0) is 22.9 Å². The normalized spacial score (nSPS) is 11.6. The summed E-state index contributed by atoms with van der Waals surface area (Å²) in [6.45, 7) is 0. The van der Waals surface area contributed by atoms with Gasteiger partial charge >= 0.3 is 0 Å². The van der Waals surface area contributed by atoms with E-state index in [1.807, 2.05) is 0 Å². The second kappa shape index (κ2) is 4.12. The number of benzene rings is 2. The number of fused-ring (bicyclic) bond motifs is 1. The third-order valence-corrected chi connectivity index (χ3v) is 2.42. The molecule has 0 amide bonds. The standard InChI is InChI=1S/C12H8F4/c13-11(14)9-5-7-3-1-2-4-8(7)6-10(9)12(15)16/h1-6,11-12H.